The lowest BCUT2D eigenvalue weighted by Crippen LogP contribution is -2.30. The van der Waals surface area contributed by atoms with Crippen molar-refractivity contribution in [3.8, 4) is 5.82 Å². The van der Waals surface area contributed by atoms with Gasteiger partial charge in [0.1, 0.15) is 5.82 Å². The fraction of sp³-hybridized carbons (Fsp3) is 0.231. The Morgan fingerprint density at radius 2 is 1.85 bits per heavy atom. The monoisotopic (exact) mass is 458 g/mol. The van der Waals surface area contributed by atoms with Crippen molar-refractivity contribution in [3.63, 3.8) is 0 Å². The molecule has 1 atom stereocenters. The van der Waals surface area contributed by atoms with E-state index in [2.05, 4.69) is 17.2 Å². The molecule has 0 aliphatic heterocycles. The molecule has 168 valence electrons. The summed E-state index contributed by atoms with van der Waals surface area (Å²) in [6.45, 7) is 4.05. The largest absolute Gasteiger partial charge is 0.349 e. The van der Waals surface area contributed by atoms with Crippen LogP contribution in [0.4, 0.5) is 0 Å². The molecule has 4 rings (SSSR count). The molecule has 1 amide bonds. The Balaban J connectivity index is 1.62. The topological polar surface area (TPSA) is 76.9 Å². The summed E-state index contributed by atoms with van der Waals surface area (Å²) >= 11 is 1.24. The molecule has 0 bridgehead atoms. The van der Waals surface area contributed by atoms with Crippen molar-refractivity contribution in [2.24, 2.45) is 0 Å². The Kier molecular flexibility index (Phi) is 7.19. The van der Waals surface area contributed by atoms with Crippen LogP contribution < -0.4 is 10.9 Å². The first-order valence-corrected chi connectivity index (χ1v) is 12.0. The van der Waals surface area contributed by atoms with Crippen LogP contribution in [0, 0.1) is 6.92 Å². The number of fused-ring (bicyclic) bond motifs is 1. The number of carbonyl (C=O) groups excluding carboxylic acids is 1. The predicted molar refractivity (Wildman–Crippen MR) is 133 cm³/mol. The number of aromatic nitrogens is 3. The van der Waals surface area contributed by atoms with Gasteiger partial charge in [-0.25, -0.2) is 14.5 Å². The van der Waals surface area contributed by atoms with E-state index >= 15 is 0 Å². The molecule has 1 unspecified atom stereocenters. The van der Waals surface area contributed by atoms with Crippen LogP contribution in [0.25, 0.3) is 16.7 Å². The highest BCUT2D eigenvalue weighted by molar-refractivity contribution is 7.99. The molecule has 33 heavy (non-hydrogen) atoms. The highest BCUT2D eigenvalue weighted by Crippen LogP contribution is 2.22. The third kappa shape index (κ3) is 5.31. The fourth-order valence-electron chi connectivity index (χ4n) is 3.72. The van der Waals surface area contributed by atoms with Gasteiger partial charge in [0.2, 0.25) is 5.91 Å². The Morgan fingerprint density at radius 1 is 1.09 bits per heavy atom. The number of aryl methyl sites for hydroxylation is 1. The van der Waals surface area contributed by atoms with Gasteiger partial charge in [-0.15, -0.1) is 0 Å². The van der Waals surface area contributed by atoms with E-state index in [9.17, 15) is 9.59 Å². The van der Waals surface area contributed by atoms with Crippen LogP contribution in [-0.4, -0.2) is 26.2 Å². The summed E-state index contributed by atoms with van der Waals surface area (Å²) in [4.78, 5) is 35.3. The first-order valence-electron chi connectivity index (χ1n) is 11.0. The van der Waals surface area contributed by atoms with Gasteiger partial charge in [-0.2, -0.15) is 0 Å². The number of hydrogen-bond acceptors (Lipinski definition) is 5. The minimum absolute atomic E-state index is 0.0468. The molecule has 2 aromatic heterocycles. The Morgan fingerprint density at radius 3 is 2.61 bits per heavy atom. The third-order valence-electron chi connectivity index (χ3n) is 5.32. The quantitative estimate of drug-likeness (QED) is 0.302. The molecule has 6 nitrogen and oxygen atoms in total. The van der Waals surface area contributed by atoms with Crippen LogP contribution in [0.15, 0.2) is 82.9 Å². The van der Waals surface area contributed by atoms with E-state index in [-0.39, 0.29) is 23.3 Å². The average Bonchev–Trinajstić information content (AvgIpc) is 2.83. The Bertz CT molecular complexity index is 1320. The zero-order valence-corrected chi connectivity index (χ0v) is 19.5. The summed E-state index contributed by atoms with van der Waals surface area (Å²) in [6.07, 6.45) is 3.48. The van der Waals surface area contributed by atoms with Crippen molar-refractivity contribution in [3.05, 3.63) is 94.4 Å². The highest BCUT2D eigenvalue weighted by Gasteiger charge is 2.18. The third-order valence-corrected chi connectivity index (χ3v) is 6.26. The van der Waals surface area contributed by atoms with Gasteiger partial charge in [0, 0.05) is 6.20 Å². The molecule has 7 heteroatoms. The molecule has 0 radical (unpaired) electrons. The number of pyridine rings is 1. The number of nitrogens with one attached hydrogen (secondary N) is 1. The summed E-state index contributed by atoms with van der Waals surface area (Å²) in [7, 11) is 0. The maximum Gasteiger partial charge on any atom is 0.267 e. The summed E-state index contributed by atoms with van der Waals surface area (Å²) in [6, 6.07) is 20.9. The molecule has 0 fully saturated rings. The molecule has 0 aliphatic carbocycles. The number of benzene rings is 2. The smallest absolute Gasteiger partial charge is 0.267 e. The second-order valence-electron chi connectivity index (χ2n) is 7.85. The van der Waals surface area contributed by atoms with Crippen molar-refractivity contribution in [2.75, 3.05) is 5.75 Å². The minimum Gasteiger partial charge on any atom is -0.349 e. The summed E-state index contributed by atoms with van der Waals surface area (Å²) in [5.41, 5.74) is 2.47. The fourth-order valence-corrected chi connectivity index (χ4v) is 4.53. The van der Waals surface area contributed by atoms with E-state index in [1.807, 2.05) is 67.6 Å². The summed E-state index contributed by atoms with van der Waals surface area (Å²) in [5, 5.41) is 4.09. The Hall–Kier alpha value is -3.45. The molecule has 0 saturated carbocycles. The Labute approximate surface area is 197 Å². The molecule has 0 saturated heterocycles. The van der Waals surface area contributed by atoms with E-state index in [1.165, 1.54) is 16.3 Å². The second kappa shape index (κ2) is 10.4. The molecule has 2 aromatic carbocycles. The maximum atomic E-state index is 13.3. The van der Waals surface area contributed by atoms with Crippen molar-refractivity contribution < 1.29 is 4.79 Å². The first-order chi connectivity index (χ1) is 16.1. The van der Waals surface area contributed by atoms with Gasteiger partial charge >= 0.3 is 0 Å². The maximum absolute atomic E-state index is 13.3. The number of para-hydroxylation sites is 1. The van der Waals surface area contributed by atoms with Gasteiger partial charge < -0.3 is 5.32 Å². The minimum atomic E-state index is -0.199. The lowest BCUT2D eigenvalue weighted by atomic mass is 10.0. The standard InChI is InChI=1S/C26H26N4O2S/c1-3-9-21(19-10-5-4-6-11-19)28-24(31)17-33-26-29-22-13-8-7-12-20(22)25(32)30(26)23-16-18(2)14-15-27-23/h4-8,10-16,21H,3,9,17H2,1-2H3,(H,28,31). The van der Waals surface area contributed by atoms with Gasteiger partial charge in [0.25, 0.3) is 5.56 Å². The molecule has 2 heterocycles. The summed E-state index contributed by atoms with van der Waals surface area (Å²) < 4.78 is 1.49. The molecule has 4 aromatic rings. The van der Waals surface area contributed by atoms with E-state index in [1.54, 1.807) is 12.3 Å². The van der Waals surface area contributed by atoms with Gasteiger partial charge in [0.05, 0.1) is 22.7 Å². The van der Waals surface area contributed by atoms with Crippen molar-refractivity contribution >= 4 is 28.6 Å². The summed E-state index contributed by atoms with van der Waals surface area (Å²) in [5.74, 6) is 0.534. The zero-order valence-electron chi connectivity index (χ0n) is 18.7. The number of nitrogens with zero attached hydrogens (tertiary/aromatic N) is 3. The van der Waals surface area contributed by atoms with Crippen molar-refractivity contribution in [1.29, 1.82) is 0 Å². The van der Waals surface area contributed by atoms with Crippen LogP contribution >= 0.6 is 11.8 Å². The molecule has 1 N–H and O–H groups in total. The average molecular weight is 459 g/mol. The van der Waals surface area contributed by atoms with E-state index in [4.69, 9.17) is 4.98 Å². The van der Waals surface area contributed by atoms with E-state index in [0.29, 0.717) is 21.9 Å². The number of amides is 1. The van der Waals surface area contributed by atoms with Gasteiger partial charge in [-0.3, -0.25) is 9.59 Å². The first kappa shape index (κ1) is 22.7. The van der Waals surface area contributed by atoms with E-state index < -0.39 is 0 Å². The van der Waals surface area contributed by atoms with Crippen LogP contribution in [0.5, 0.6) is 0 Å². The highest BCUT2D eigenvalue weighted by atomic mass is 32.2. The normalized spacial score (nSPS) is 11.9. The molecule has 0 aliphatic rings. The molecule has 0 spiro atoms. The number of carbonyl (C=O) groups is 1. The van der Waals surface area contributed by atoms with Gasteiger partial charge in [-0.05, 0) is 48.7 Å². The van der Waals surface area contributed by atoms with Crippen LogP contribution in [0.3, 0.4) is 0 Å². The second-order valence-corrected chi connectivity index (χ2v) is 8.79. The van der Waals surface area contributed by atoms with Crippen molar-refractivity contribution in [1.82, 2.24) is 19.9 Å². The van der Waals surface area contributed by atoms with Crippen molar-refractivity contribution in [2.45, 2.75) is 37.9 Å². The SMILES string of the molecule is CCCC(NC(=O)CSc1nc2ccccc2c(=O)n1-c1cc(C)ccn1)c1ccccc1. The predicted octanol–water partition coefficient (Wildman–Crippen LogP) is 4.84. The van der Waals surface area contributed by atoms with Crippen LogP contribution in [-0.2, 0) is 4.79 Å². The lowest BCUT2D eigenvalue weighted by molar-refractivity contribution is -0.119. The number of hydrogen-bond donors (Lipinski definition) is 1. The molecular weight excluding hydrogens is 432 g/mol. The van der Waals surface area contributed by atoms with Gasteiger partial charge in [0.15, 0.2) is 5.16 Å². The van der Waals surface area contributed by atoms with Crippen LogP contribution in [0.1, 0.15) is 36.9 Å². The van der Waals surface area contributed by atoms with E-state index in [0.717, 1.165) is 24.0 Å². The van der Waals surface area contributed by atoms with Crippen LogP contribution in [0.2, 0.25) is 0 Å². The number of rotatable bonds is 8. The zero-order chi connectivity index (χ0) is 23.2. The molecular formula is C26H26N4O2S. The van der Waals surface area contributed by atoms with Gasteiger partial charge in [-0.1, -0.05) is 67.6 Å². The lowest BCUT2D eigenvalue weighted by Gasteiger charge is -2.19. The number of thioether (sulfide) groups is 1.